The number of esters is 1. The number of rotatable bonds is 18. The lowest BCUT2D eigenvalue weighted by Crippen LogP contribution is -2.66. The third kappa shape index (κ3) is 13.3. The van der Waals surface area contributed by atoms with Crippen LogP contribution in [0.3, 0.4) is 0 Å². The molecule has 0 radical (unpaired) electrons. The summed E-state index contributed by atoms with van der Waals surface area (Å²) in [6.07, 6.45) is 1.92. The van der Waals surface area contributed by atoms with Crippen LogP contribution in [0, 0.1) is 11.3 Å². The van der Waals surface area contributed by atoms with Crippen molar-refractivity contribution >= 4 is 46.5 Å². The number of benzene rings is 3. The third-order valence-corrected chi connectivity index (χ3v) is 17.8. The van der Waals surface area contributed by atoms with Crippen molar-refractivity contribution in [3.63, 3.8) is 0 Å². The summed E-state index contributed by atoms with van der Waals surface area (Å²) in [4.78, 5) is 39.1. The van der Waals surface area contributed by atoms with Crippen LogP contribution >= 0.6 is 0 Å². The molecule has 3 rings (SSSR count). The molecule has 0 fully saturated rings. The number of hydrazine groups is 1. The van der Waals surface area contributed by atoms with E-state index < -0.39 is 46.6 Å². The van der Waals surface area contributed by atoms with E-state index in [-0.39, 0.29) is 35.0 Å². The van der Waals surface area contributed by atoms with Gasteiger partial charge in [0, 0.05) is 13.7 Å². The normalized spacial score (nSPS) is 14.2. The standard InChI is InChI=1S/C46H68N2O8SSi/c1-35(40(49)54-12)27-28-36-21-19-22-37(33-36)46(10,41(50)47-48(11)42(51)56-43(2,3)4)30-20-29-45(8,9)34-57(52,53)32-31-55-58(44(5,6)7,38-23-15-13-16-24-38)39-25-17-14-18-26-39/h13-19,21-26,33,35H,20,27-32,34H2,1-12H3,(H,47,50). The predicted octanol–water partition coefficient (Wildman–Crippen LogP) is 7.77. The molecule has 2 unspecified atom stereocenters. The van der Waals surface area contributed by atoms with Gasteiger partial charge in [0.1, 0.15) is 5.60 Å². The van der Waals surface area contributed by atoms with Crippen LogP contribution < -0.4 is 15.8 Å². The van der Waals surface area contributed by atoms with Crippen LogP contribution in [0.4, 0.5) is 4.79 Å². The average molecular weight is 837 g/mol. The van der Waals surface area contributed by atoms with Crippen molar-refractivity contribution in [3.05, 3.63) is 96.1 Å². The van der Waals surface area contributed by atoms with Crippen LogP contribution in [0.1, 0.15) is 106 Å². The molecule has 320 valence electrons. The Kier molecular flexibility index (Phi) is 16.5. The Bertz CT molecular complexity index is 1880. The molecule has 0 aliphatic heterocycles. The summed E-state index contributed by atoms with van der Waals surface area (Å²) in [5, 5.41) is 2.97. The number of nitrogens with zero attached hydrogens (tertiary/aromatic N) is 1. The highest BCUT2D eigenvalue weighted by molar-refractivity contribution is 7.91. The number of amides is 2. The number of hydrogen-bond acceptors (Lipinski definition) is 8. The van der Waals surface area contributed by atoms with Crippen molar-refractivity contribution in [2.45, 2.75) is 117 Å². The van der Waals surface area contributed by atoms with Crippen molar-refractivity contribution in [3.8, 4) is 0 Å². The second-order valence-corrected chi connectivity index (χ2v) is 25.1. The first-order valence-corrected chi connectivity index (χ1v) is 24.0. The number of nitrogens with one attached hydrogen (secondary N) is 1. The van der Waals surface area contributed by atoms with E-state index >= 15 is 0 Å². The van der Waals surface area contributed by atoms with Gasteiger partial charge >= 0.3 is 12.1 Å². The molecule has 0 saturated heterocycles. The Hall–Kier alpha value is -4.00. The summed E-state index contributed by atoms with van der Waals surface area (Å²) in [6, 6.07) is 28.1. The van der Waals surface area contributed by atoms with Gasteiger partial charge in [0.05, 0.1) is 29.9 Å². The lowest BCUT2D eigenvalue weighted by atomic mass is 9.75. The van der Waals surface area contributed by atoms with Gasteiger partial charge in [0.2, 0.25) is 5.91 Å². The molecule has 0 bridgehead atoms. The van der Waals surface area contributed by atoms with E-state index in [0.29, 0.717) is 32.1 Å². The average Bonchev–Trinajstić information content (AvgIpc) is 3.14. The Labute approximate surface area is 349 Å². The second-order valence-electron chi connectivity index (χ2n) is 18.6. The molecule has 0 aliphatic carbocycles. The summed E-state index contributed by atoms with van der Waals surface area (Å²) >= 11 is 0. The van der Waals surface area contributed by atoms with Crippen LogP contribution in [0.5, 0.6) is 0 Å². The molecule has 0 aromatic heterocycles. The zero-order chi connectivity index (χ0) is 43.6. The summed E-state index contributed by atoms with van der Waals surface area (Å²) in [7, 11) is -3.63. The quantitative estimate of drug-likeness (QED) is 0.0783. The number of aryl methyl sites for hydroxylation is 1. The van der Waals surface area contributed by atoms with Gasteiger partial charge in [-0.05, 0) is 85.3 Å². The lowest BCUT2D eigenvalue weighted by Gasteiger charge is -2.43. The maximum absolute atomic E-state index is 14.2. The molecular weight excluding hydrogens is 769 g/mol. The van der Waals surface area contributed by atoms with Gasteiger partial charge in [-0.15, -0.1) is 0 Å². The molecule has 0 saturated carbocycles. The minimum atomic E-state index is -3.55. The molecule has 1 N–H and O–H groups in total. The van der Waals surface area contributed by atoms with Crippen LogP contribution in [-0.4, -0.2) is 77.6 Å². The van der Waals surface area contributed by atoms with Crippen molar-refractivity contribution in [1.29, 1.82) is 0 Å². The molecule has 0 spiro atoms. The Balaban J connectivity index is 1.80. The molecule has 12 heteroatoms. The first-order valence-electron chi connectivity index (χ1n) is 20.3. The fourth-order valence-corrected chi connectivity index (χ4v) is 14.1. The zero-order valence-electron chi connectivity index (χ0n) is 36.9. The SMILES string of the molecule is COC(=O)C(C)CCc1cccc(C(C)(CCCC(C)(C)CS(=O)(=O)CCO[Si](c2ccccc2)(c2ccccc2)C(C)(C)C)C(=O)NN(C)C(=O)OC(C)(C)C)c1. The van der Waals surface area contributed by atoms with Crippen LogP contribution in [0.15, 0.2) is 84.9 Å². The Morgan fingerprint density at radius 3 is 1.90 bits per heavy atom. The fraction of sp³-hybridized carbons (Fsp3) is 0.543. The summed E-state index contributed by atoms with van der Waals surface area (Å²) in [5.41, 5.74) is 1.99. The zero-order valence-corrected chi connectivity index (χ0v) is 38.8. The minimum absolute atomic E-state index is 0.0394. The van der Waals surface area contributed by atoms with Gasteiger partial charge in [0.15, 0.2) is 9.84 Å². The fourth-order valence-electron chi connectivity index (χ4n) is 7.56. The van der Waals surface area contributed by atoms with Gasteiger partial charge in [-0.25, -0.2) is 18.2 Å². The van der Waals surface area contributed by atoms with E-state index in [2.05, 4.69) is 50.5 Å². The molecule has 2 amide bonds. The van der Waals surface area contributed by atoms with Crippen molar-refractivity contribution in [1.82, 2.24) is 10.4 Å². The number of hydrogen-bond donors (Lipinski definition) is 1. The summed E-state index contributed by atoms with van der Waals surface area (Å²) in [5.74, 6) is -1.11. The van der Waals surface area contributed by atoms with E-state index in [1.807, 2.05) is 88.4 Å². The smallest absolute Gasteiger partial charge is 0.428 e. The van der Waals surface area contributed by atoms with E-state index in [9.17, 15) is 22.8 Å². The minimum Gasteiger partial charge on any atom is -0.469 e. The van der Waals surface area contributed by atoms with E-state index in [1.54, 1.807) is 20.8 Å². The molecule has 58 heavy (non-hydrogen) atoms. The van der Waals surface area contributed by atoms with Crippen LogP contribution in [0.2, 0.25) is 5.04 Å². The summed E-state index contributed by atoms with van der Waals surface area (Å²) in [6.45, 7) is 19.4. The van der Waals surface area contributed by atoms with Gasteiger partial charge in [-0.1, -0.05) is 133 Å². The maximum Gasteiger partial charge on any atom is 0.428 e. The van der Waals surface area contributed by atoms with Gasteiger partial charge in [-0.3, -0.25) is 15.0 Å². The first kappa shape index (κ1) is 48.4. The van der Waals surface area contributed by atoms with E-state index in [0.717, 1.165) is 26.5 Å². The van der Waals surface area contributed by atoms with Gasteiger partial charge in [0.25, 0.3) is 8.32 Å². The molecular formula is C46H68N2O8SSi. The van der Waals surface area contributed by atoms with Gasteiger partial charge < -0.3 is 13.9 Å². The largest absolute Gasteiger partial charge is 0.469 e. The highest BCUT2D eigenvalue weighted by atomic mass is 32.2. The number of carbonyl (C=O) groups excluding carboxylic acids is 3. The molecule has 3 aromatic rings. The highest BCUT2D eigenvalue weighted by Gasteiger charge is 2.50. The monoisotopic (exact) mass is 836 g/mol. The molecule has 0 aliphatic rings. The molecule has 0 heterocycles. The molecule has 3 aromatic carbocycles. The van der Waals surface area contributed by atoms with E-state index in [4.69, 9.17) is 13.9 Å². The van der Waals surface area contributed by atoms with Crippen molar-refractivity contribution < 1.29 is 36.7 Å². The highest BCUT2D eigenvalue weighted by Crippen LogP contribution is 2.38. The number of methoxy groups -OCH3 is 1. The third-order valence-electron chi connectivity index (χ3n) is 10.7. The molecule has 10 nitrogen and oxygen atoms in total. The Morgan fingerprint density at radius 1 is 0.810 bits per heavy atom. The van der Waals surface area contributed by atoms with Crippen LogP contribution in [0.25, 0.3) is 0 Å². The van der Waals surface area contributed by atoms with Crippen molar-refractivity contribution in [2.75, 3.05) is 32.3 Å². The number of ether oxygens (including phenoxy) is 2. The summed E-state index contributed by atoms with van der Waals surface area (Å²) < 4.78 is 44.9. The second kappa shape index (κ2) is 19.8. The number of sulfone groups is 1. The van der Waals surface area contributed by atoms with E-state index in [1.165, 1.54) is 14.2 Å². The molecule has 2 atom stereocenters. The number of carbonyl (C=O) groups is 3. The van der Waals surface area contributed by atoms with Gasteiger partial charge in [-0.2, -0.15) is 0 Å². The Morgan fingerprint density at radius 2 is 1.38 bits per heavy atom. The topological polar surface area (TPSA) is 128 Å². The maximum atomic E-state index is 14.2. The first-order chi connectivity index (χ1) is 26.9. The lowest BCUT2D eigenvalue weighted by molar-refractivity contribution is -0.145. The van der Waals surface area contributed by atoms with Crippen molar-refractivity contribution in [2.24, 2.45) is 11.3 Å². The predicted molar refractivity (Wildman–Crippen MR) is 235 cm³/mol. The van der Waals surface area contributed by atoms with Crippen LogP contribution in [-0.2, 0) is 45.2 Å².